The Labute approximate surface area is 126 Å². The molecule has 116 valence electrons. The Morgan fingerprint density at radius 3 is 2.24 bits per heavy atom. The predicted molar refractivity (Wildman–Crippen MR) is 80.4 cm³/mol. The van der Waals surface area contributed by atoms with Gasteiger partial charge in [-0.25, -0.2) is 0 Å². The SMILES string of the molecule is O=S(=O)(O)CC1C[C@@H]2CC(OCc3ccccc3)C[C@@H]2C1. The fraction of sp³-hybridized carbons (Fsp3) is 0.625. The molecule has 0 amide bonds. The van der Waals surface area contributed by atoms with Gasteiger partial charge in [0.2, 0.25) is 0 Å². The highest BCUT2D eigenvalue weighted by Gasteiger charge is 2.42. The lowest BCUT2D eigenvalue weighted by atomic mass is 10.0. The molecular weight excluding hydrogens is 288 g/mol. The van der Waals surface area contributed by atoms with E-state index in [-0.39, 0.29) is 11.7 Å². The number of hydrogen-bond acceptors (Lipinski definition) is 3. The third kappa shape index (κ3) is 4.05. The average molecular weight is 310 g/mol. The standard InChI is InChI=1S/C16H22O4S/c17-21(18,19)11-13-6-14-8-16(9-15(14)7-13)20-10-12-4-2-1-3-5-12/h1-5,13-16H,6-11H2,(H,17,18,19)/t13?,14-,15+,16?. The van der Waals surface area contributed by atoms with Crippen LogP contribution < -0.4 is 0 Å². The molecule has 1 aromatic rings. The Balaban J connectivity index is 1.46. The van der Waals surface area contributed by atoms with Crippen molar-refractivity contribution in [2.75, 3.05) is 5.75 Å². The highest BCUT2D eigenvalue weighted by Crippen LogP contribution is 2.48. The maximum Gasteiger partial charge on any atom is 0.265 e. The van der Waals surface area contributed by atoms with Crippen molar-refractivity contribution in [3.05, 3.63) is 35.9 Å². The van der Waals surface area contributed by atoms with Crippen LogP contribution >= 0.6 is 0 Å². The first kappa shape index (κ1) is 15.0. The molecule has 2 aliphatic rings. The molecule has 21 heavy (non-hydrogen) atoms. The summed E-state index contributed by atoms with van der Waals surface area (Å²) in [6.07, 6.45) is 4.18. The van der Waals surface area contributed by atoms with Crippen LogP contribution in [0, 0.1) is 17.8 Å². The Hall–Kier alpha value is -0.910. The van der Waals surface area contributed by atoms with Crippen LogP contribution in [0.25, 0.3) is 0 Å². The molecule has 0 heterocycles. The smallest absolute Gasteiger partial charge is 0.265 e. The Morgan fingerprint density at radius 1 is 1.05 bits per heavy atom. The molecule has 4 atom stereocenters. The largest absolute Gasteiger partial charge is 0.374 e. The van der Waals surface area contributed by atoms with Crippen molar-refractivity contribution in [3.63, 3.8) is 0 Å². The second kappa shape index (κ2) is 6.07. The summed E-state index contributed by atoms with van der Waals surface area (Å²) in [5.41, 5.74) is 1.19. The van der Waals surface area contributed by atoms with Crippen LogP contribution in [0.4, 0.5) is 0 Å². The van der Waals surface area contributed by atoms with E-state index >= 15 is 0 Å². The van der Waals surface area contributed by atoms with Crippen molar-refractivity contribution in [1.29, 1.82) is 0 Å². The molecular formula is C16H22O4S. The Morgan fingerprint density at radius 2 is 1.67 bits per heavy atom. The van der Waals surface area contributed by atoms with Crippen molar-refractivity contribution in [2.24, 2.45) is 17.8 Å². The van der Waals surface area contributed by atoms with Crippen molar-refractivity contribution in [2.45, 2.75) is 38.4 Å². The van der Waals surface area contributed by atoms with E-state index in [1.54, 1.807) is 0 Å². The van der Waals surface area contributed by atoms with Gasteiger partial charge in [0.25, 0.3) is 10.1 Å². The van der Waals surface area contributed by atoms with Crippen LogP contribution in [0.2, 0.25) is 0 Å². The van der Waals surface area contributed by atoms with Gasteiger partial charge in [-0.1, -0.05) is 30.3 Å². The van der Waals surface area contributed by atoms with E-state index in [4.69, 9.17) is 9.29 Å². The first-order valence-electron chi connectivity index (χ1n) is 7.60. The molecule has 0 saturated heterocycles. The summed E-state index contributed by atoms with van der Waals surface area (Å²) < 4.78 is 36.9. The third-order valence-electron chi connectivity index (χ3n) is 4.84. The third-order valence-corrected chi connectivity index (χ3v) is 5.74. The number of hydrogen-bond donors (Lipinski definition) is 1. The van der Waals surface area contributed by atoms with Gasteiger partial charge in [0.1, 0.15) is 0 Å². The van der Waals surface area contributed by atoms with Gasteiger partial charge >= 0.3 is 0 Å². The van der Waals surface area contributed by atoms with Crippen molar-refractivity contribution < 1.29 is 17.7 Å². The van der Waals surface area contributed by atoms with Crippen LogP contribution in [-0.2, 0) is 21.5 Å². The van der Waals surface area contributed by atoms with Gasteiger partial charge in [0.05, 0.1) is 18.5 Å². The van der Waals surface area contributed by atoms with Crippen molar-refractivity contribution >= 4 is 10.1 Å². The zero-order valence-corrected chi connectivity index (χ0v) is 12.8. The van der Waals surface area contributed by atoms with E-state index in [0.717, 1.165) is 25.7 Å². The minimum Gasteiger partial charge on any atom is -0.374 e. The van der Waals surface area contributed by atoms with Crippen LogP contribution in [0.3, 0.4) is 0 Å². The number of benzene rings is 1. The summed E-state index contributed by atoms with van der Waals surface area (Å²) >= 11 is 0. The molecule has 0 radical (unpaired) electrons. The lowest BCUT2D eigenvalue weighted by molar-refractivity contribution is 0.0391. The highest BCUT2D eigenvalue weighted by atomic mass is 32.2. The molecule has 1 aromatic carbocycles. The molecule has 5 heteroatoms. The van der Waals surface area contributed by atoms with Crippen LogP contribution in [0.5, 0.6) is 0 Å². The summed E-state index contributed by atoms with van der Waals surface area (Å²) in [5.74, 6) is 1.19. The van der Waals surface area contributed by atoms with E-state index in [0.29, 0.717) is 24.5 Å². The zero-order chi connectivity index (χ0) is 14.9. The molecule has 0 aromatic heterocycles. The van der Waals surface area contributed by atoms with Gasteiger partial charge in [-0.15, -0.1) is 0 Å². The molecule has 4 nitrogen and oxygen atoms in total. The van der Waals surface area contributed by atoms with Crippen molar-refractivity contribution in [3.8, 4) is 0 Å². The van der Waals surface area contributed by atoms with E-state index in [1.807, 2.05) is 18.2 Å². The fourth-order valence-electron chi connectivity index (χ4n) is 4.04. The zero-order valence-electron chi connectivity index (χ0n) is 12.0. The summed E-state index contributed by atoms with van der Waals surface area (Å²) in [6, 6.07) is 10.2. The molecule has 0 aliphatic heterocycles. The van der Waals surface area contributed by atoms with E-state index in [1.165, 1.54) is 5.56 Å². The first-order chi connectivity index (χ1) is 9.99. The van der Waals surface area contributed by atoms with E-state index in [2.05, 4.69) is 12.1 Å². The molecule has 0 spiro atoms. The Bertz CT molecular complexity index is 555. The number of rotatable bonds is 5. The minimum absolute atomic E-state index is 0.0739. The van der Waals surface area contributed by atoms with Crippen LogP contribution in [-0.4, -0.2) is 24.8 Å². The van der Waals surface area contributed by atoms with Gasteiger partial charge < -0.3 is 4.74 Å². The highest BCUT2D eigenvalue weighted by molar-refractivity contribution is 7.85. The topological polar surface area (TPSA) is 63.6 Å². The maximum absolute atomic E-state index is 11.0. The molecule has 1 N–H and O–H groups in total. The lowest BCUT2D eigenvalue weighted by Gasteiger charge is -2.15. The molecule has 3 rings (SSSR count). The lowest BCUT2D eigenvalue weighted by Crippen LogP contribution is -2.15. The van der Waals surface area contributed by atoms with Gasteiger partial charge in [-0.2, -0.15) is 8.42 Å². The summed E-state index contributed by atoms with van der Waals surface area (Å²) in [7, 11) is -3.83. The molecule has 2 unspecified atom stereocenters. The molecule has 2 aliphatic carbocycles. The Kier molecular flexibility index (Phi) is 4.33. The normalized spacial score (nSPS) is 32.2. The van der Waals surface area contributed by atoms with Crippen molar-refractivity contribution in [1.82, 2.24) is 0 Å². The average Bonchev–Trinajstić information content (AvgIpc) is 2.93. The molecule has 2 saturated carbocycles. The fourth-order valence-corrected chi connectivity index (χ4v) is 4.91. The minimum atomic E-state index is -3.83. The maximum atomic E-state index is 11.0. The van der Waals surface area contributed by atoms with Gasteiger partial charge in [-0.05, 0) is 49.0 Å². The summed E-state index contributed by atoms with van der Waals surface area (Å²) in [4.78, 5) is 0. The molecule has 2 fully saturated rings. The molecule has 0 bridgehead atoms. The van der Waals surface area contributed by atoms with Crippen LogP contribution in [0.15, 0.2) is 30.3 Å². The summed E-state index contributed by atoms with van der Waals surface area (Å²) in [6.45, 7) is 0.652. The van der Waals surface area contributed by atoms with Gasteiger partial charge in [0, 0.05) is 0 Å². The second-order valence-corrected chi connectivity index (χ2v) is 7.99. The van der Waals surface area contributed by atoms with E-state index in [9.17, 15) is 8.42 Å². The first-order valence-corrected chi connectivity index (χ1v) is 9.21. The van der Waals surface area contributed by atoms with Crippen LogP contribution in [0.1, 0.15) is 31.2 Å². The quantitative estimate of drug-likeness (QED) is 0.849. The van der Waals surface area contributed by atoms with Gasteiger partial charge in [0.15, 0.2) is 0 Å². The summed E-state index contributed by atoms with van der Waals surface area (Å²) in [5, 5.41) is 0. The number of fused-ring (bicyclic) bond motifs is 1. The monoisotopic (exact) mass is 310 g/mol. The van der Waals surface area contributed by atoms with Gasteiger partial charge in [-0.3, -0.25) is 4.55 Å². The number of ether oxygens (including phenoxy) is 1. The van der Waals surface area contributed by atoms with E-state index < -0.39 is 10.1 Å². The predicted octanol–water partition coefficient (Wildman–Crippen LogP) is 2.90. The second-order valence-electron chi connectivity index (χ2n) is 6.50.